The average molecular weight is 235 g/mol. The van der Waals surface area contributed by atoms with E-state index in [1.54, 1.807) is 0 Å². The zero-order chi connectivity index (χ0) is 11.9. The summed E-state index contributed by atoms with van der Waals surface area (Å²) in [5.74, 6) is 0.509. The monoisotopic (exact) mass is 235 g/mol. The lowest BCUT2D eigenvalue weighted by Crippen LogP contribution is -2.24. The highest BCUT2D eigenvalue weighted by Crippen LogP contribution is 2.25. The van der Waals surface area contributed by atoms with Gasteiger partial charge in [0.15, 0.2) is 0 Å². The molecule has 3 nitrogen and oxygen atoms in total. The van der Waals surface area contributed by atoms with Crippen LogP contribution in [0.5, 0.6) is 0 Å². The van der Waals surface area contributed by atoms with Gasteiger partial charge >= 0.3 is 0 Å². The summed E-state index contributed by atoms with van der Waals surface area (Å²) < 4.78 is 5.88. The van der Waals surface area contributed by atoms with E-state index < -0.39 is 0 Å². The molecule has 0 saturated heterocycles. The van der Waals surface area contributed by atoms with E-state index in [1.807, 2.05) is 24.5 Å². The average Bonchev–Trinajstić information content (AvgIpc) is 2.41. The molecule has 1 aromatic heterocycles. The highest BCUT2D eigenvalue weighted by molar-refractivity contribution is 5.09. The minimum atomic E-state index is 0.337. The second kappa shape index (κ2) is 6.72. The van der Waals surface area contributed by atoms with Gasteiger partial charge in [0.05, 0.1) is 12.7 Å². The van der Waals surface area contributed by atoms with Crippen LogP contribution in [-0.2, 0) is 11.2 Å². The zero-order valence-corrected chi connectivity index (χ0v) is 10.2. The molecule has 1 N–H and O–H groups in total. The number of hydrogen-bond acceptors (Lipinski definition) is 3. The lowest BCUT2D eigenvalue weighted by atomic mass is 9.88. The molecule has 0 aromatic carbocycles. The van der Waals surface area contributed by atoms with Gasteiger partial charge in [-0.3, -0.25) is 4.98 Å². The molecule has 0 spiro atoms. The fourth-order valence-electron chi connectivity index (χ4n) is 2.37. The van der Waals surface area contributed by atoms with E-state index in [9.17, 15) is 0 Å². The van der Waals surface area contributed by atoms with Crippen LogP contribution in [-0.4, -0.2) is 29.4 Å². The Bertz CT molecular complexity index is 307. The van der Waals surface area contributed by atoms with Crippen LogP contribution in [0.15, 0.2) is 24.5 Å². The van der Waals surface area contributed by atoms with Crippen LogP contribution in [0.1, 0.15) is 31.2 Å². The molecule has 17 heavy (non-hydrogen) atoms. The van der Waals surface area contributed by atoms with E-state index in [2.05, 4.69) is 4.98 Å². The maximum absolute atomic E-state index is 9.06. The van der Waals surface area contributed by atoms with Gasteiger partial charge in [-0.05, 0) is 55.7 Å². The molecule has 2 rings (SSSR count). The fraction of sp³-hybridized carbons (Fsp3) is 0.643. The van der Waals surface area contributed by atoms with E-state index >= 15 is 0 Å². The molecule has 94 valence electrons. The first kappa shape index (κ1) is 12.5. The topological polar surface area (TPSA) is 42.4 Å². The van der Waals surface area contributed by atoms with Crippen molar-refractivity contribution in [1.29, 1.82) is 0 Å². The van der Waals surface area contributed by atoms with E-state index in [1.165, 1.54) is 5.56 Å². The SMILES string of the molecule is OCC1CCC(OCCc2ccncc2)CC1. The second-order valence-corrected chi connectivity index (χ2v) is 4.80. The fourth-order valence-corrected chi connectivity index (χ4v) is 2.37. The van der Waals surface area contributed by atoms with Crippen molar-refractivity contribution < 1.29 is 9.84 Å². The Morgan fingerprint density at radius 3 is 2.53 bits per heavy atom. The number of nitrogens with zero attached hydrogens (tertiary/aromatic N) is 1. The second-order valence-electron chi connectivity index (χ2n) is 4.80. The summed E-state index contributed by atoms with van der Waals surface area (Å²) in [6, 6.07) is 4.07. The van der Waals surface area contributed by atoms with Gasteiger partial charge < -0.3 is 9.84 Å². The van der Waals surface area contributed by atoms with Crippen molar-refractivity contribution in [3.05, 3.63) is 30.1 Å². The van der Waals surface area contributed by atoms with Crippen LogP contribution >= 0.6 is 0 Å². The Hall–Kier alpha value is -0.930. The molecular weight excluding hydrogens is 214 g/mol. The predicted molar refractivity (Wildman–Crippen MR) is 66.7 cm³/mol. The summed E-state index contributed by atoms with van der Waals surface area (Å²) in [5.41, 5.74) is 1.28. The minimum Gasteiger partial charge on any atom is -0.396 e. The van der Waals surface area contributed by atoms with Crippen LogP contribution in [0.3, 0.4) is 0 Å². The molecule has 1 aliphatic rings. The third kappa shape index (κ3) is 4.10. The van der Waals surface area contributed by atoms with Crippen LogP contribution < -0.4 is 0 Å². The van der Waals surface area contributed by atoms with Gasteiger partial charge in [-0.2, -0.15) is 0 Å². The van der Waals surface area contributed by atoms with Crippen molar-refractivity contribution in [1.82, 2.24) is 4.98 Å². The van der Waals surface area contributed by atoms with Gasteiger partial charge in [-0.1, -0.05) is 0 Å². The number of ether oxygens (including phenoxy) is 1. The Labute approximate surface area is 103 Å². The lowest BCUT2D eigenvalue weighted by Gasteiger charge is -2.27. The molecule has 0 atom stereocenters. The van der Waals surface area contributed by atoms with Crippen LogP contribution in [0, 0.1) is 5.92 Å². The van der Waals surface area contributed by atoms with Gasteiger partial charge in [0.25, 0.3) is 0 Å². The van der Waals surface area contributed by atoms with Crippen molar-refractivity contribution >= 4 is 0 Å². The van der Waals surface area contributed by atoms with Gasteiger partial charge in [-0.25, -0.2) is 0 Å². The van der Waals surface area contributed by atoms with Crippen LogP contribution in [0.4, 0.5) is 0 Å². The number of aromatic nitrogens is 1. The normalized spacial score (nSPS) is 24.8. The third-order valence-electron chi connectivity index (χ3n) is 3.55. The smallest absolute Gasteiger partial charge is 0.0575 e. The van der Waals surface area contributed by atoms with Gasteiger partial charge in [0.1, 0.15) is 0 Å². The van der Waals surface area contributed by atoms with Crippen molar-refractivity contribution in [2.75, 3.05) is 13.2 Å². The predicted octanol–water partition coefficient (Wildman–Crippen LogP) is 2.19. The van der Waals surface area contributed by atoms with Crippen molar-refractivity contribution in [2.45, 2.75) is 38.2 Å². The summed E-state index contributed by atoms with van der Waals surface area (Å²) >= 11 is 0. The molecule has 1 aliphatic carbocycles. The Morgan fingerprint density at radius 2 is 1.88 bits per heavy atom. The number of pyridine rings is 1. The Morgan fingerprint density at radius 1 is 1.18 bits per heavy atom. The number of aliphatic hydroxyl groups is 1. The maximum atomic E-state index is 9.06. The molecule has 0 bridgehead atoms. The molecule has 0 radical (unpaired) electrons. The molecule has 3 heteroatoms. The third-order valence-corrected chi connectivity index (χ3v) is 3.55. The first-order valence-electron chi connectivity index (χ1n) is 6.50. The molecule has 0 amide bonds. The summed E-state index contributed by atoms with van der Waals surface area (Å²) in [4.78, 5) is 4.00. The van der Waals surface area contributed by atoms with Gasteiger partial charge in [0.2, 0.25) is 0 Å². The zero-order valence-electron chi connectivity index (χ0n) is 10.2. The van der Waals surface area contributed by atoms with Crippen molar-refractivity contribution in [3.8, 4) is 0 Å². The molecule has 1 fully saturated rings. The highest BCUT2D eigenvalue weighted by atomic mass is 16.5. The number of hydrogen-bond donors (Lipinski definition) is 1. The first-order valence-corrected chi connectivity index (χ1v) is 6.50. The summed E-state index contributed by atoms with van der Waals surface area (Å²) in [6.45, 7) is 1.13. The van der Waals surface area contributed by atoms with E-state index in [0.29, 0.717) is 18.6 Å². The molecule has 0 aliphatic heterocycles. The number of rotatable bonds is 5. The van der Waals surface area contributed by atoms with Crippen molar-refractivity contribution in [2.24, 2.45) is 5.92 Å². The molecule has 1 heterocycles. The van der Waals surface area contributed by atoms with Crippen LogP contribution in [0.25, 0.3) is 0 Å². The van der Waals surface area contributed by atoms with Crippen LogP contribution in [0.2, 0.25) is 0 Å². The summed E-state index contributed by atoms with van der Waals surface area (Å²) in [6.07, 6.45) is 9.42. The quantitative estimate of drug-likeness (QED) is 0.850. The van der Waals surface area contributed by atoms with E-state index in [0.717, 1.165) is 38.7 Å². The largest absolute Gasteiger partial charge is 0.396 e. The Balaban J connectivity index is 1.63. The van der Waals surface area contributed by atoms with Gasteiger partial charge in [0, 0.05) is 19.0 Å². The van der Waals surface area contributed by atoms with E-state index in [-0.39, 0.29) is 0 Å². The summed E-state index contributed by atoms with van der Waals surface area (Å²) in [7, 11) is 0. The lowest BCUT2D eigenvalue weighted by molar-refractivity contribution is 0.0129. The first-order chi connectivity index (χ1) is 8.38. The molecular formula is C14H21NO2. The standard InChI is InChI=1S/C14H21NO2/c16-11-13-1-3-14(4-2-13)17-10-7-12-5-8-15-9-6-12/h5-6,8-9,13-14,16H,1-4,7,10-11H2. The number of aliphatic hydroxyl groups excluding tert-OH is 1. The minimum absolute atomic E-state index is 0.337. The summed E-state index contributed by atoms with van der Waals surface area (Å²) in [5, 5.41) is 9.06. The van der Waals surface area contributed by atoms with E-state index in [4.69, 9.17) is 9.84 Å². The molecule has 1 aromatic rings. The highest BCUT2D eigenvalue weighted by Gasteiger charge is 2.20. The van der Waals surface area contributed by atoms with Crippen molar-refractivity contribution in [3.63, 3.8) is 0 Å². The molecule has 0 unspecified atom stereocenters. The Kier molecular flexibility index (Phi) is 4.95. The maximum Gasteiger partial charge on any atom is 0.0575 e. The molecule has 1 saturated carbocycles. The van der Waals surface area contributed by atoms with Gasteiger partial charge in [-0.15, -0.1) is 0 Å².